The van der Waals surface area contributed by atoms with Crippen LogP contribution < -0.4 is 0 Å². The van der Waals surface area contributed by atoms with E-state index in [1.54, 1.807) is 0 Å². The van der Waals surface area contributed by atoms with Gasteiger partial charge in [0.1, 0.15) is 12.6 Å². The van der Waals surface area contributed by atoms with Gasteiger partial charge in [-0.25, -0.2) is 0 Å². The summed E-state index contributed by atoms with van der Waals surface area (Å²) in [5.41, 5.74) is 0. The van der Waals surface area contributed by atoms with E-state index in [1.165, 1.54) is 64.5 Å². The lowest BCUT2D eigenvalue weighted by molar-refractivity contribution is -0.873. The molecule has 166 valence electrons. The predicted octanol–water partition coefficient (Wildman–Crippen LogP) is 3.81. The number of aliphatic hydroxyl groups excluding tert-OH is 1. The number of hydrogen-bond donors (Lipinski definition) is 1. The zero-order valence-electron chi connectivity index (χ0n) is 20.2. The molecule has 0 amide bonds. The van der Waals surface area contributed by atoms with Gasteiger partial charge in [-0.3, -0.25) is 0 Å². The van der Waals surface area contributed by atoms with Gasteiger partial charge >= 0.3 is 0 Å². The van der Waals surface area contributed by atoms with Crippen LogP contribution in [0.1, 0.15) is 51.4 Å². The Labute approximate surface area is 176 Å². The minimum Gasteiger partial charge on any atom is -0.386 e. The van der Waals surface area contributed by atoms with Gasteiger partial charge in [-0.15, -0.1) is 11.6 Å². The largest absolute Gasteiger partial charge is 0.386 e. The van der Waals surface area contributed by atoms with Crippen LogP contribution >= 0.6 is 11.6 Å². The summed E-state index contributed by atoms with van der Waals surface area (Å²) in [6.45, 7) is 3.36. The first-order chi connectivity index (χ1) is 12.2. The van der Waals surface area contributed by atoms with Gasteiger partial charge in [0.15, 0.2) is 0 Å². The molecule has 0 saturated carbocycles. The lowest BCUT2D eigenvalue weighted by Crippen LogP contribution is -2.41. The molecule has 0 aliphatic rings. The molecule has 0 fully saturated rings. The highest BCUT2D eigenvalue weighted by atomic mass is 35.5. The molecule has 1 unspecified atom stereocenters. The third kappa shape index (κ3) is 31.1. The van der Waals surface area contributed by atoms with E-state index in [-0.39, 0.29) is 6.10 Å². The molecule has 0 aromatic heterocycles. The number of alkyl halides is 1. The highest BCUT2D eigenvalue weighted by Crippen LogP contribution is 2.10. The molecule has 0 radical (unpaired) electrons. The molecular formula is C22H53ClN3O+3. The minimum atomic E-state index is -0.369. The summed E-state index contributed by atoms with van der Waals surface area (Å²) < 4.78 is 2.99. The Hall–Kier alpha value is 0.130. The Kier molecular flexibility index (Phi) is 16.3. The maximum atomic E-state index is 9.05. The fourth-order valence-corrected chi connectivity index (χ4v) is 3.01. The molecule has 0 aromatic rings. The minimum absolute atomic E-state index is 0.329. The summed E-state index contributed by atoms with van der Waals surface area (Å²) in [5, 5.41) is 9.05. The van der Waals surface area contributed by atoms with E-state index < -0.39 is 0 Å². The summed E-state index contributed by atoms with van der Waals surface area (Å²) in [6.07, 6.45) is 11.0. The van der Waals surface area contributed by atoms with Gasteiger partial charge in [0.2, 0.25) is 0 Å². The number of aliphatic hydroxyl groups is 1. The van der Waals surface area contributed by atoms with Gasteiger partial charge in [-0.1, -0.05) is 25.7 Å². The third-order valence-electron chi connectivity index (χ3n) is 4.34. The number of rotatable bonds is 14. The Bertz CT molecular complexity index is 308. The van der Waals surface area contributed by atoms with Crippen molar-refractivity contribution in [1.82, 2.24) is 0 Å². The van der Waals surface area contributed by atoms with Crippen molar-refractivity contribution < 1.29 is 18.6 Å². The van der Waals surface area contributed by atoms with E-state index in [9.17, 15) is 0 Å². The van der Waals surface area contributed by atoms with Gasteiger partial charge in [0.25, 0.3) is 0 Å². The molecule has 4 nitrogen and oxygen atoms in total. The van der Waals surface area contributed by atoms with Crippen molar-refractivity contribution >= 4 is 11.6 Å². The van der Waals surface area contributed by atoms with Crippen LogP contribution in [0.3, 0.4) is 0 Å². The Balaban J connectivity index is 0. The highest BCUT2D eigenvalue weighted by molar-refractivity contribution is 6.18. The van der Waals surface area contributed by atoms with E-state index in [2.05, 4.69) is 42.3 Å². The van der Waals surface area contributed by atoms with Crippen LogP contribution in [-0.4, -0.2) is 114 Å². The number of likely N-dealkylation sites (N-methyl/N-ethyl adjacent to an activating group) is 1. The predicted molar refractivity (Wildman–Crippen MR) is 122 cm³/mol. The summed E-state index contributed by atoms with van der Waals surface area (Å²) in [6, 6.07) is 0. The average molecular weight is 411 g/mol. The summed E-state index contributed by atoms with van der Waals surface area (Å²) in [7, 11) is 19.8. The smallest absolute Gasteiger partial charge is 0.116 e. The number of hydrogen-bond acceptors (Lipinski definition) is 1. The SMILES string of the molecule is C[N+](C)(C)CC(O)CCl.C[N+](C)(C)CCCCCCCCCC[N+](C)(C)C. The van der Waals surface area contributed by atoms with Crippen LogP contribution in [0.5, 0.6) is 0 Å². The maximum absolute atomic E-state index is 9.05. The molecule has 0 aliphatic heterocycles. The quantitative estimate of drug-likeness (QED) is 0.262. The van der Waals surface area contributed by atoms with Crippen molar-refractivity contribution in [1.29, 1.82) is 0 Å². The van der Waals surface area contributed by atoms with Crippen molar-refractivity contribution in [2.24, 2.45) is 0 Å². The molecule has 0 bridgehead atoms. The molecule has 27 heavy (non-hydrogen) atoms. The van der Waals surface area contributed by atoms with Crippen molar-refractivity contribution in [3.05, 3.63) is 0 Å². The van der Waals surface area contributed by atoms with Gasteiger partial charge in [0, 0.05) is 0 Å². The fraction of sp³-hybridized carbons (Fsp3) is 1.00. The van der Waals surface area contributed by atoms with Gasteiger partial charge in [0.05, 0.1) is 82.4 Å². The highest BCUT2D eigenvalue weighted by Gasteiger charge is 2.13. The average Bonchev–Trinajstić information content (AvgIpc) is 2.46. The van der Waals surface area contributed by atoms with Gasteiger partial charge in [-0.2, -0.15) is 0 Å². The van der Waals surface area contributed by atoms with Crippen LogP contribution in [-0.2, 0) is 0 Å². The number of halogens is 1. The fourth-order valence-electron chi connectivity index (χ4n) is 2.91. The molecule has 0 aliphatic carbocycles. The zero-order chi connectivity index (χ0) is 21.6. The molecule has 0 aromatic carbocycles. The monoisotopic (exact) mass is 410 g/mol. The van der Waals surface area contributed by atoms with E-state index in [1.807, 2.05) is 21.1 Å². The Morgan fingerprint density at radius 3 is 1.04 bits per heavy atom. The first kappa shape index (κ1) is 29.3. The van der Waals surface area contributed by atoms with Crippen molar-refractivity contribution in [3.8, 4) is 0 Å². The van der Waals surface area contributed by atoms with Crippen LogP contribution in [0.25, 0.3) is 0 Å². The van der Waals surface area contributed by atoms with E-state index >= 15 is 0 Å². The van der Waals surface area contributed by atoms with E-state index in [0.29, 0.717) is 12.4 Å². The summed E-state index contributed by atoms with van der Waals surface area (Å²) in [4.78, 5) is 0. The second-order valence-corrected chi connectivity index (χ2v) is 11.4. The molecule has 5 heteroatoms. The van der Waals surface area contributed by atoms with Crippen molar-refractivity contribution in [2.75, 3.05) is 88.9 Å². The number of nitrogens with zero attached hydrogens (tertiary/aromatic N) is 3. The molecule has 1 N–H and O–H groups in total. The number of quaternary nitrogens is 3. The molecule has 0 saturated heterocycles. The number of unbranched alkanes of at least 4 members (excludes halogenated alkanes) is 7. The van der Waals surface area contributed by atoms with Crippen molar-refractivity contribution in [3.63, 3.8) is 0 Å². The zero-order valence-corrected chi connectivity index (χ0v) is 21.0. The molecule has 0 heterocycles. The topological polar surface area (TPSA) is 20.2 Å². The molecule has 0 spiro atoms. The normalized spacial score (nSPS) is 13.9. The van der Waals surface area contributed by atoms with Crippen LogP contribution in [0.4, 0.5) is 0 Å². The van der Waals surface area contributed by atoms with Crippen LogP contribution in [0, 0.1) is 0 Å². The van der Waals surface area contributed by atoms with E-state index in [4.69, 9.17) is 16.7 Å². The van der Waals surface area contributed by atoms with Crippen molar-refractivity contribution in [2.45, 2.75) is 57.5 Å². The molecular weight excluding hydrogens is 358 g/mol. The summed E-state index contributed by atoms with van der Waals surface area (Å²) in [5.74, 6) is 0.329. The lowest BCUT2D eigenvalue weighted by atomic mass is 10.1. The second-order valence-electron chi connectivity index (χ2n) is 11.1. The van der Waals surface area contributed by atoms with Gasteiger partial charge in [-0.05, 0) is 25.7 Å². The first-order valence-electron chi connectivity index (χ1n) is 10.8. The van der Waals surface area contributed by atoms with Crippen LogP contribution in [0.15, 0.2) is 0 Å². The summed E-state index contributed by atoms with van der Waals surface area (Å²) >= 11 is 5.40. The molecule has 0 rings (SSSR count). The Morgan fingerprint density at radius 1 is 0.556 bits per heavy atom. The first-order valence-corrected chi connectivity index (χ1v) is 11.4. The second kappa shape index (κ2) is 15.0. The standard InChI is InChI=1S/C16H38N2.C6H15ClNO/c1-17(2,3)15-13-11-9-7-8-10-12-14-16-18(4,5)6;1-8(2,3)5-6(9)4-7/h7-16H2,1-6H3;6,9H,4-5H2,1-3H3/q+2;+1. The lowest BCUT2D eigenvalue weighted by Gasteiger charge is -2.25. The molecule has 1 atom stereocenters. The van der Waals surface area contributed by atoms with Crippen LogP contribution in [0.2, 0.25) is 0 Å². The van der Waals surface area contributed by atoms with Gasteiger partial charge < -0.3 is 18.6 Å². The maximum Gasteiger partial charge on any atom is 0.116 e. The van der Waals surface area contributed by atoms with E-state index in [0.717, 1.165) is 13.4 Å². The Morgan fingerprint density at radius 2 is 0.852 bits per heavy atom. The third-order valence-corrected chi connectivity index (χ3v) is 4.70.